The van der Waals surface area contributed by atoms with Gasteiger partial charge in [-0.1, -0.05) is 32.9 Å². The molecule has 5 heteroatoms. The Labute approximate surface area is 173 Å². The van der Waals surface area contributed by atoms with Gasteiger partial charge in [0.05, 0.1) is 11.3 Å². The SMILES string of the molecule is CC(C)(C)C(=O)OC1CCC2C(=O)C(Oc3ccc(C(C)(C)C)cc3)=COC2C1. The number of Topliss-reactive ketones (excluding diaryl/α,β-unsaturated/α-hetero) is 1. The van der Waals surface area contributed by atoms with E-state index in [1.54, 1.807) is 0 Å². The van der Waals surface area contributed by atoms with Gasteiger partial charge in [-0.15, -0.1) is 0 Å². The van der Waals surface area contributed by atoms with Gasteiger partial charge in [-0.2, -0.15) is 0 Å². The first-order chi connectivity index (χ1) is 13.4. The number of fused-ring (bicyclic) bond motifs is 1. The first kappa shape index (κ1) is 21.4. The van der Waals surface area contributed by atoms with Gasteiger partial charge in [0.1, 0.15) is 24.2 Å². The highest BCUT2D eigenvalue weighted by atomic mass is 16.6. The van der Waals surface area contributed by atoms with E-state index in [-0.39, 0.29) is 41.1 Å². The lowest BCUT2D eigenvalue weighted by molar-refractivity contribution is -0.164. The molecule has 1 saturated carbocycles. The first-order valence-corrected chi connectivity index (χ1v) is 10.3. The van der Waals surface area contributed by atoms with E-state index in [4.69, 9.17) is 14.2 Å². The number of hydrogen-bond acceptors (Lipinski definition) is 5. The summed E-state index contributed by atoms with van der Waals surface area (Å²) in [7, 11) is 0. The van der Waals surface area contributed by atoms with Crippen LogP contribution in [0.5, 0.6) is 5.75 Å². The van der Waals surface area contributed by atoms with Crippen molar-refractivity contribution in [2.75, 3.05) is 0 Å². The lowest BCUT2D eigenvalue weighted by atomic mass is 9.80. The van der Waals surface area contributed by atoms with Crippen LogP contribution >= 0.6 is 0 Å². The van der Waals surface area contributed by atoms with Gasteiger partial charge in [0.15, 0.2) is 0 Å². The highest BCUT2D eigenvalue weighted by Crippen LogP contribution is 2.36. The van der Waals surface area contributed by atoms with Crippen molar-refractivity contribution in [2.45, 2.75) is 78.4 Å². The standard InChI is InChI=1S/C24H32O5/c1-23(2,3)15-7-9-16(10-8-15)28-20-14-27-19-13-17(11-12-18(19)21(20)25)29-22(26)24(4,5)6/h7-10,14,17-19H,11-13H2,1-6H3. The summed E-state index contributed by atoms with van der Waals surface area (Å²) in [5.74, 6) is 0.337. The number of hydrogen-bond donors (Lipinski definition) is 0. The van der Waals surface area contributed by atoms with Gasteiger partial charge < -0.3 is 14.2 Å². The summed E-state index contributed by atoms with van der Waals surface area (Å²) in [5.41, 5.74) is 0.723. The van der Waals surface area contributed by atoms with Gasteiger partial charge in [0, 0.05) is 6.42 Å². The third kappa shape index (κ3) is 5.01. The van der Waals surface area contributed by atoms with E-state index in [2.05, 4.69) is 20.8 Å². The van der Waals surface area contributed by atoms with E-state index in [0.29, 0.717) is 25.0 Å². The predicted molar refractivity (Wildman–Crippen MR) is 110 cm³/mol. The van der Waals surface area contributed by atoms with Crippen LogP contribution in [0.15, 0.2) is 36.3 Å². The molecule has 3 unspecified atom stereocenters. The van der Waals surface area contributed by atoms with E-state index >= 15 is 0 Å². The number of carbonyl (C=O) groups excluding carboxylic acids is 2. The first-order valence-electron chi connectivity index (χ1n) is 10.3. The highest BCUT2D eigenvalue weighted by Gasteiger charge is 2.42. The molecule has 1 fully saturated rings. The van der Waals surface area contributed by atoms with Gasteiger partial charge in [-0.3, -0.25) is 9.59 Å². The molecule has 29 heavy (non-hydrogen) atoms. The Morgan fingerprint density at radius 1 is 1.03 bits per heavy atom. The van der Waals surface area contributed by atoms with Crippen LogP contribution in [-0.2, 0) is 24.5 Å². The van der Waals surface area contributed by atoms with Crippen molar-refractivity contribution in [3.05, 3.63) is 41.9 Å². The van der Waals surface area contributed by atoms with Crippen molar-refractivity contribution in [1.29, 1.82) is 0 Å². The van der Waals surface area contributed by atoms with E-state index in [1.807, 2.05) is 45.0 Å². The molecule has 0 aromatic heterocycles. The third-order valence-electron chi connectivity index (χ3n) is 5.51. The summed E-state index contributed by atoms with van der Waals surface area (Å²) in [5, 5.41) is 0. The fourth-order valence-electron chi connectivity index (χ4n) is 3.59. The van der Waals surface area contributed by atoms with Crippen LogP contribution in [0.1, 0.15) is 66.4 Å². The normalized spacial score (nSPS) is 24.8. The second kappa shape index (κ2) is 7.85. The van der Waals surface area contributed by atoms with Gasteiger partial charge in [0.25, 0.3) is 0 Å². The lowest BCUT2D eigenvalue weighted by Gasteiger charge is -2.37. The van der Waals surface area contributed by atoms with Crippen LogP contribution in [0, 0.1) is 11.3 Å². The number of ketones is 1. The Bertz CT molecular complexity index is 792. The van der Waals surface area contributed by atoms with Gasteiger partial charge in [0.2, 0.25) is 11.5 Å². The molecule has 3 rings (SSSR count). The number of carbonyl (C=O) groups is 2. The third-order valence-corrected chi connectivity index (χ3v) is 5.51. The zero-order chi connectivity index (χ0) is 21.4. The molecule has 5 nitrogen and oxygen atoms in total. The van der Waals surface area contributed by atoms with E-state index in [1.165, 1.54) is 11.8 Å². The predicted octanol–water partition coefficient (Wildman–Crippen LogP) is 4.93. The molecule has 1 heterocycles. The zero-order valence-corrected chi connectivity index (χ0v) is 18.3. The molecule has 1 aromatic rings. The Hall–Kier alpha value is -2.30. The van der Waals surface area contributed by atoms with E-state index in [0.717, 1.165) is 0 Å². The Kier molecular flexibility index (Phi) is 5.79. The molecule has 1 aromatic carbocycles. The van der Waals surface area contributed by atoms with Crippen molar-refractivity contribution < 1.29 is 23.8 Å². The fraction of sp³-hybridized carbons (Fsp3) is 0.583. The molecule has 0 radical (unpaired) electrons. The second-order valence-corrected chi connectivity index (χ2v) is 10.1. The summed E-state index contributed by atoms with van der Waals surface area (Å²) < 4.78 is 17.3. The quantitative estimate of drug-likeness (QED) is 0.673. The zero-order valence-electron chi connectivity index (χ0n) is 18.3. The monoisotopic (exact) mass is 400 g/mol. The van der Waals surface area contributed by atoms with Crippen LogP contribution in [0.4, 0.5) is 0 Å². The van der Waals surface area contributed by atoms with Crippen LogP contribution in [0.3, 0.4) is 0 Å². The van der Waals surface area contributed by atoms with Crippen molar-refractivity contribution >= 4 is 11.8 Å². The van der Waals surface area contributed by atoms with Crippen LogP contribution in [0.2, 0.25) is 0 Å². The van der Waals surface area contributed by atoms with Crippen molar-refractivity contribution in [3.63, 3.8) is 0 Å². The molecule has 1 aliphatic carbocycles. The minimum atomic E-state index is -0.538. The van der Waals surface area contributed by atoms with Crippen LogP contribution in [-0.4, -0.2) is 24.0 Å². The van der Waals surface area contributed by atoms with Crippen molar-refractivity contribution in [2.24, 2.45) is 11.3 Å². The van der Waals surface area contributed by atoms with Gasteiger partial charge >= 0.3 is 5.97 Å². The Morgan fingerprint density at radius 3 is 2.28 bits per heavy atom. The maximum atomic E-state index is 12.9. The minimum absolute atomic E-state index is 0.0401. The molecule has 0 N–H and O–H groups in total. The topological polar surface area (TPSA) is 61.8 Å². The summed E-state index contributed by atoms with van der Waals surface area (Å²) in [6.45, 7) is 12.0. The number of benzene rings is 1. The van der Waals surface area contributed by atoms with Crippen LogP contribution in [0.25, 0.3) is 0 Å². The maximum Gasteiger partial charge on any atom is 0.311 e. The van der Waals surface area contributed by atoms with E-state index < -0.39 is 5.41 Å². The molecule has 3 atom stereocenters. The van der Waals surface area contributed by atoms with Gasteiger partial charge in [-0.05, 0) is 56.7 Å². The molecule has 1 aliphatic heterocycles. The summed E-state index contributed by atoms with van der Waals surface area (Å²) in [4.78, 5) is 25.0. The molecule has 0 spiro atoms. The number of allylic oxidation sites excluding steroid dienone is 1. The minimum Gasteiger partial charge on any atom is -0.493 e. The Morgan fingerprint density at radius 2 is 1.69 bits per heavy atom. The molecule has 0 saturated heterocycles. The Balaban J connectivity index is 1.63. The highest BCUT2D eigenvalue weighted by molar-refractivity contribution is 5.96. The average Bonchev–Trinajstić information content (AvgIpc) is 2.63. The average molecular weight is 401 g/mol. The largest absolute Gasteiger partial charge is 0.493 e. The summed E-state index contributed by atoms with van der Waals surface area (Å²) in [6.07, 6.45) is 2.74. The number of esters is 1. The molecule has 2 aliphatic rings. The fourth-order valence-corrected chi connectivity index (χ4v) is 3.59. The summed E-state index contributed by atoms with van der Waals surface area (Å²) >= 11 is 0. The number of ether oxygens (including phenoxy) is 3. The summed E-state index contributed by atoms with van der Waals surface area (Å²) in [6, 6.07) is 7.79. The molecule has 158 valence electrons. The van der Waals surface area contributed by atoms with Crippen molar-refractivity contribution in [1.82, 2.24) is 0 Å². The lowest BCUT2D eigenvalue weighted by Crippen LogP contribution is -2.43. The number of rotatable bonds is 3. The van der Waals surface area contributed by atoms with Crippen molar-refractivity contribution in [3.8, 4) is 5.75 Å². The van der Waals surface area contributed by atoms with Crippen LogP contribution < -0.4 is 4.74 Å². The van der Waals surface area contributed by atoms with E-state index in [9.17, 15) is 9.59 Å². The molecule has 0 bridgehead atoms. The second-order valence-electron chi connectivity index (χ2n) is 10.1. The van der Waals surface area contributed by atoms with Gasteiger partial charge in [-0.25, -0.2) is 0 Å². The smallest absolute Gasteiger partial charge is 0.311 e. The molecular formula is C24H32O5. The maximum absolute atomic E-state index is 12.9. The molecule has 0 amide bonds. The molecular weight excluding hydrogens is 368 g/mol.